The van der Waals surface area contributed by atoms with Gasteiger partial charge in [0.25, 0.3) is 0 Å². The van der Waals surface area contributed by atoms with Gasteiger partial charge in [-0.05, 0) is 0 Å². The van der Waals surface area contributed by atoms with E-state index < -0.39 is 12.8 Å². The van der Waals surface area contributed by atoms with Gasteiger partial charge in [0.15, 0.2) is 0 Å². The van der Waals surface area contributed by atoms with Gasteiger partial charge in [-0.2, -0.15) is 0 Å². The number of hydrogen-bond acceptors (Lipinski definition) is 0. The number of hydrogen-bond donors (Lipinski definition) is 0. The molecule has 0 saturated heterocycles. The summed E-state index contributed by atoms with van der Waals surface area (Å²) in [4.78, 5) is 0. The minimum atomic E-state index is -1.31. The molecule has 0 aliphatic rings. The van der Waals surface area contributed by atoms with Crippen molar-refractivity contribution in [3.63, 3.8) is 0 Å². The Bertz CT molecular complexity index is 22.4. The first kappa shape index (κ1) is 5.97. The second kappa shape index (κ2) is 1.61. The monoisotopic (exact) mass is 150 g/mol. The molecule has 0 unspecified atom stereocenters. The van der Waals surface area contributed by atoms with Crippen molar-refractivity contribution in [2.75, 3.05) is 0 Å². The van der Waals surface area contributed by atoms with Gasteiger partial charge in [0, 0.05) is 0 Å². The van der Waals surface area contributed by atoms with Crippen LogP contribution in [-0.2, 0) is 0 Å². The molecule has 0 nitrogen and oxygen atoms in total. The Morgan fingerprint density at radius 1 is 1.20 bits per heavy atom. The molecule has 0 aromatic heterocycles. The zero-order valence-corrected chi connectivity index (χ0v) is 6.94. The first-order chi connectivity index (χ1) is 2.00. The van der Waals surface area contributed by atoms with Crippen LogP contribution in [0.25, 0.3) is 0 Å². The molecular formula is C3H9GeP. The van der Waals surface area contributed by atoms with Crippen LogP contribution in [0.3, 0.4) is 0 Å². The molecule has 0 fully saturated rings. The van der Waals surface area contributed by atoms with Gasteiger partial charge in [-0.3, -0.25) is 0 Å². The quantitative estimate of drug-likeness (QED) is 0.365. The summed E-state index contributed by atoms with van der Waals surface area (Å²) in [7, 11) is 4.31. The molecule has 2 radical (unpaired) electrons. The summed E-state index contributed by atoms with van der Waals surface area (Å²) >= 11 is -1.31. The van der Waals surface area contributed by atoms with Crippen LogP contribution in [0, 0.1) is 0 Å². The van der Waals surface area contributed by atoms with Crippen LogP contribution >= 0.6 is 7.85 Å². The van der Waals surface area contributed by atoms with Gasteiger partial charge in [-0.25, -0.2) is 0 Å². The van der Waals surface area contributed by atoms with Crippen LogP contribution < -0.4 is 0 Å². The Morgan fingerprint density at radius 3 is 1.20 bits per heavy atom. The Labute approximate surface area is 38.5 Å². The van der Waals surface area contributed by atoms with E-state index in [9.17, 15) is 0 Å². The van der Waals surface area contributed by atoms with Crippen LogP contribution in [0.2, 0.25) is 17.3 Å². The molecule has 0 amide bonds. The van der Waals surface area contributed by atoms with E-state index in [4.69, 9.17) is 0 Å². The fraction of sp³-hybridized carbons (Fsp3) is 1.00. The van der Waals surface area contributed by atoms with Gasteiger partial charge in [0.1, 0.15) is 0 Å². The molecule has 0 rings (SSSR count). The predicted octanol–water partition coefficient (Wildman–Crippen LogP) is 2.23. The predicted molar refractivity (Wildman–Crippen MR) is 30.3 cm³/mol. The standard InChI is InChI=1S/C3H9GeP/c1-4(2,3)5/h1-3H3. The molecule has 30 valence electrons. The Morgan fingerprint density at radius 2 is 1.20 bits per heavy atom. The van der Waals surface area contributed by atoms with Crippen LogP contribution in [-0.4, -0.2) is 12.8 Å². The second-order valence-corrected chi connectivity index (χ2v) is 18.3. The van der Waals surface area contributed by atoms with Crippen molar-refractivity contribution in [3.05, 3.63) is 0 Å². The van der Waals surface area contributed by atoms with Gasteiger partial charge < -0.3 is 0 Å². The SMILES string of the molecule is [CH3][Ge]([CH3])([CH3])[P]. The summed E-state index contributed by atoms with van der Waals surface area (Å²) in [5.74, 6) is 6.72. The van der Waals surface area contributed by atoms with Crippen molar-refractivity contribution in [1.29, 1.82) is 0 Å². The van der Waals surface area contributed by atoms with Gasteiger partial charge in [-0.15, -0.1) is 0 Å². The fourth-order valence-corrected chi connectivity index (χ4v) is 0. The van der Waals surface area contributed by atoms with E-state index >= 15 is 0 Å². The van der Waals surface area contributed by atoms with Gasteiger partial charge >= 0.3 is 37.9 Å². The van der Waals surface area contributed by atoms with Gasteiger partial charge in [-0.1, -0.05) is 0 Å². The second-order valence-electron chi connectivity index (χ2n) is 2.17. The normalized spacial score (nSPS) is 12.0. The summed E-state index contributed by atoms with van der Waals surface area (Å²) in [5, 5.41) is 0. The van der Waals surface area contributed by atoms with Crippen LogP contribution in [0.5, 0.6) is 0 Å². The molecule has 0 aliphatic heterocycles. The van der Waals surface area contributed by atoms with Crippen molar-refractivity contribution in [2.24, 2.45) is 0 Å². The van der Waals surface area contributed by atoms with Gasteiger partial charge in [0.05, 0.1) is 0 Å². The molecule has 0 aromatic rings. The summed E-state index contributed by atoms with van der Waals surface area (Å²) in [5.41, 5.74) is 0. The molecule has 0 heterocycles. The van der Waals surface area contributed by atoms with Crippen LogP contribution in [0.1, 0.15) is 0 Å². The van der Waals surface area contributed by atoms with Crippen LogP contribution in [0.4, 0.5) is 0 Å². The van der Waals surface area contributed by atoms with Crippen molar-refractivity contribution >= 4 is 20.7 Å². The molecule has 0 N–H and O–H groups in total. The van der Waals surface area contributed by atoms with E-state index in [1.54, 1.807) is 0 Å². The first-order valence-corrected chi connectivity index (χ1v) is 11.3. The molecule has 0 saturated carbocycles. The molecule has 2 heteroatoms. The van der Waals surface area contributed by atoms with Gasteiger partial charge in [0.2, 0.25) is 0 Å². The Hall–Kier alpha value is 0.973. The molecule has 0 atom stereocenters. The first-order valence-electron chi connectivity index (χ1n) is 1.72. The summed E-state index contributed by atoms with van der Waals surface area (Å²) < 4.78 is 0. The zero-order chi connectivity index (χ0) is 4.50. The Balaban J connectivity index is 3.02. The zero-order valence-electron chi connectivity index (χ0n) is 3.95. The summed E-state index contributed by atoms with van der Waals surface area (Å²) in [6, 6.07) is 0. The topological polar surface area (TPSA) is 0 Å². The van der Waals surface area contributed by atoms with E-state index in [0.717, 1.165) is 0 Å². The van der Waals surface area contributed by atoms with E-state index in [1.807, 2.05) is 0 Å². The van der Waals surface area contributed by atoms with Crippen LogP contribution in [0.15, 0.2) is 0 Å². The maximum atomic E-state index is 4.31. The summed E-state index contributed by atoms with van der Waals surface area (Å²) in [6.07, 6.45) is 0. The molecular weight excluding hydrogens is 140 g/mol. The molecule has 0 spiro atoms. The van der Waals surface area contributed by atoms with E-state index in [2.05, 4.69) is 25.1 Å². The molecule has 0 aliphatic carbocycles. The average molecular weight is 149 g/mol. The van der Waals surface area contributed by atoms with Crippen molar-refractivity contribution in [1.82, 2.24) is 0 Å². The van der Waals surface area contributed by atoms with Crippen molar-refractivity contribution in [2.45, 2.75) is 17.3 Å². The van der Waals surface area contributed by atoms with Crippen molar-refractivity contribution < 1.29 is 0 Å². The van der Waals surface area contributed by atoms with Crippen molar-refractivity contribution in [3.8, 4) is 0 Å². The molecule has 0 aromatic carbocycles. The van der Waals surface area contributed by atoms with E-state index in [0.29, 0.717) is 0 Å². The average Bonchev–Trinajstić information content (AvgIpc) is 0.722. The Kier molecular flexibility index (Phi) is 1.93. The third kappa shape index (κ3) is 46.4. The molecule has 0 bridgehead atoms. The molecule has 5 heavy (non-hydrogen) atoms. The van der Waals surface area contributed by atoms with E-state index in [1.165, 1.54) is 0 Å². The van der Waals surface area contributed by atoms with E-state index in [-0.39, 0.29) is 0 Å². The maximum absolute atomic E-state index is 4.31. The summed E-state index contributed by atoms with van der Waals surface area (Å²) in [6.45, 7) is 0. The fourth-order valence-electron chi connectivity index (χ4n) is 0. The number of rotatable bonds is 0. The third-order valence-corrected chi connectivity index (χ3v) is 0. The third-order valence-electron chi connectivity index (χ3n) is 0. The minimum absolute atomic E-state index is 1.31.